The van der Waals surface area contributed by atoms with E-state index in [4.69, 9.17) is 14.2 Å². The molecule has 3 aromatic carbocycles. The van der Waals surface area contributed by atoms with Crippen LogP contribution in [0.15, 0.2) is 76.8 Å². The van der Waals surface area contributed by atoms with Crippen LogP contribution >= 0.6 is 15.9 Å². The smallest absolute Gasteiger partial charge is 0.282 e. The summed E-state index contributed by atoms with van der Waals surface area (Å²) < 4.78 is 17.9. The number of methoxy groups -OCH3 is 1. The molecular weight excluding hydrogens is 536 g/mol. The number of carbonyl (C=O) groups excluding carboxylic acids is 2. The first-order chi connectivity index (χ1) is 17.9. The summed E-state index contributed by atoms with van der Waals surface area (Å²) in [7, 11) is 1.53. The maximum Gasteiger partial charge on any atom is 0.282 e. The van der Waals surface area contributed by atoms with Crippen molar-refractivity contribution >= 4 is 39.5 Å². The van der Waals surface area contributed by atoms with Gasteiger partial charge in [-0.3, -0.25) is 15.0 Å². The number of rotatable bonds is 10. The van der Waals surface area contributed by atoms with Gasteiger partial charge >= 0.3 is 0 Å². The minimum atomic E-state index is -0.474. The number of carbonyl (C=O) groups is 2. The molecule has 4 rings (SSSR count). The summed E-state index contributed by atoms with van der Waals surface area (Å²) in [5.41, 5.74) is 5.11. The van der Waals surface area contributed by atoms with E-state index in [2.05, 4.69) is 47.3 Å². The van der Waals surface area contributed by atoms with Gasteiger partial charge in [-0.1, -0.05) is 44.2 Å². The van der Waals surface area contributed by atoms with Crippen LogP contribution in [0.5, 0.6) is 17.2 Å². The molecule has 1 aliphatic heterocycles. The van der Waals surface area contributed by atoms with Crippen molar-refractivity contribution in [2.45, 2.75) is 26.2 Å². The standard InChI is InChI=1S/C29H29BrN2O5/c1-4-19(2)21-10-12-23(13-11-21)36-14-15-37-27-25(30)17-20(18-26(27)35-3)16-24-28(33)31-32(29(24)34)22-8-6-5-7-9-22/h5-13,16-19H,4,14-15H2,1-3H3,(H,31,33)/b24-16+/t19-/m1/s1. The number of hydrazine groups is 1. The first-order valence-corrected chi connectivity index (χ1v) is 12.9. The van der Waals surface area contributed by atoms with Crippen molar-refractivity contribution in [2.75, 3.05) is 25.3 Å². The number of para-hydroxylation sites is 1. The summed E-state index contributed by atoms with van der Waals surface area (Å²) in [6.07, 6.45) is 2.63. The molecule has 2 amide bonds. The van der Waals surface area contributed by atoms with Crippen LogP contribution in [0.3, 0.4) is 0 Å². The predicted molar refractivity (Wildman–Crippen MR) is 147 cm³/mol. The third-order valence-corrected chi connectivity index (χ3v) is 6.72. The lowest BCUT2D eigenvalue weighted by Gasteiger charge is -2.15. The summed E-state index contributed by atoms with van der Waals surface area (Å²) in [5, 5.41) is 1.23. The Morgan fingerprint density at radius 2 is 1.70 bits per heavy atom. The van der Waals surface area contributed by atoms with Crippen molar-refractivity contribution in [3.63, 3.8) is 0 Å². The Balaban J connectivity index is 1.41. The number of anilines is 1. The second-order valence-electron chi connectivity index (χ2n) is 8.58. The second-order valence-corrected chi connectivity index (χ2v) is 9.44. The average molecular weight is 565 g/mol. The monoisotopic (exact) mass is 564 g/mol. The lowest BCUT2D eigenvalue weighted by Crippen LogP contribution is -2.35. The quantitative estimate of drug-likeness (QED) is 0.189. The van der Waals surface area contributed by atoms with E-state index in [0.29, 0.717) is 46.4 Å². The largest absolute Gasteiger partial charge is 0.493 e. The first kappa shape index (κ1) is 26.3. The molecule has 0 aromatic heterocycles. The molecule has 3 aromatic rings. The molecule has 7 nitrogen and oxygen atoms in total. The topological polar surface area (TPSA) is 77.1 Å². The lowest BCUT2D eigenvalue weighted by atomic mass is 9.99. The molecule has 0 saturated carbocycles. The highest BCUT2D eigenvalue weighted by Gasteiger charge is 2.34. The third kappa shape index (κ3) is 6.14. The predicted octanol–water partition coefficient (Wildman–Crippen LogP) is 5.89. The Bertz CT molecular complexity index is 1290. The first-order valence-electron chi connectivity index (χ1n) is 12.1. The van der Waals surface area contributed by atoms with E-state index in [1.165, 1.54) is 23.8 Å². The number of amides is 2. The molecule has 0 spiro atoms. The molecule has 0 radical (unpaired) electrons. The molecule has 1 fully saturated rings. The summed E-state index contributed by atoms with van der Waals surface area (Å²) in [6.45, 7) is 5.03. The highest BCUT2D eigenvalue weighted by molar-refractivity contribution is 9.10. The highest BCUT2D eigenvalue weighted by Crippen LogP contribution is 2.37. The maximum atomic E-state index is 12.9. The zero-order valence-corrected chi connectivity index (χ0v) is 22.6. The van der Waals surface area contributed by atoms with Crippen molar-refractivity contribution in [3.05, 3.63) is 87.9 Å². The van der Waals surface area contributed by atoms with Crippen molar-refractivity contribution in [1.82, 2.24) is 5.43 Å². The van der Waals surface area contributed by atoms with Crippen LogP contribution in [0.4, 0.5) is 5.69 Å². The molecule has 1 N–H and O–H groups in total. The molecule has 1 saturated heterocycles. The molecule has 192 valence electrons. The van der Waals surface area contributed by atoms with Crippen LogP contribution in [-0.2, 0) is 9.59 Å². The molecule has 8 heteroatoms. The molecule has 37 heavy (non-hydrogen) atoms. The van der Waals surface area contributed by atoms with E-state index in [1.54, 1.807) is 36.4 Å². The van der Waals surface area contributed by atoms with E-state index in [-0.39, 0.29) is 5.57 Å². The zero-order chi connectivity index (χ0) is 26.4. The number of benzene rings is 3. The van der Waals surface area contributed by atoms with E-state index >= 15 is 0 Å². The Hall–Kier alpha value is -3.78. The molecule has 0 aliphatic carbocycles. The minimum absolute atomic E-state index is 0.0271. The number of hydrogen-bond acceptors (Lipinski definition) is 5. The van der Waals surface area contributed by atoms with E-state index in [9.17, 15) is 9.59 Å². The van der Waals surface area contributed by atoms with Gasteiger partial charge in [0.15, 0.2) is 11.5 Å². The van der Waals surface area contributed by atoms with Gasteiger partial charge < -0.3 is 14.2 Å². The van der Waals surface area contributed by atoms with Crippen molar-refractivity contribution < 1.29 is 23.8 Å². The van der Waals surface area contributed by atoms with Gasteiger partial charge in [0.25, 0.3) is 11.8 Å². The van der Waals surface area contributed by atoms with Gasteiger partial charge in [-0.2, -0.15) is 0 Å². The van der Waals surface area contributed by atoms with Crippen LogP contribution in [0.2, 0.25) is 0 Å². The van der Waals surface area contributed by atoms with Gasteiger partial charge in [0.1, 0.15) is 24.5 Å². The summed E-state index contributed by atoms with van der Waals surface area (Å²) in [4.78, 5) is 25.4. The van der Waals surface area contributed by atoms with Crippen molar-refractivity contribution in [1.29, 1.82) is 0 Å². The van der Waals surface area contributed by atoms with Crippen molar-refractivity contribution in [3.8, 4) is 17.2 Å². The van der Waals surface area contributed by atoms with Crippen LogP contribution in [-0.4, -0.2) is 32.1 Å². The maximum absolute atomic E-state index is 12.9. The minimum Gasteiger partial charge on any atom is -0.493 e. The highest BCUT2D eigenvalue weighted by atomic mass is 79.9. The molecule has 0 unspecified atom stereocenters. The fourth-order valence-electron chi connectivity index (χ4n) is 3.88. The van der Waals surface area contributed by atoms with E-state index in [1.807, 2.05) is 18.2 Å². The van der Waals surface area contributed by atoms with Gasteiger partial charge in [-0.15, -0.1) is 0 Å². The number of ether oxygens (including phenoxy) is 3. The third-order valence-electron chi connectivity index (χ3n) is 6.13. The van der Waals surface area contributed by atoms with E-state index in [0.717, 1.165) is 12.2 Å². The summed E-state index contributed by atoms with van der Waals surface area (Å²) >= 11 is 3.52. The lowest BCUT2D eigenvalue weighted by molar-refractivity contribution is -0.117. The van der Waals surface area contributed by atoms with Crippen molar-refractivity contribution in [2.24, 2.45) is 0 Å². The molecule has 1 aliphatic rings. The van der Waals surface area contributed by atoms with Gasteiger partial charge in [-0.25, -0.2) is 5.01 Å². The SMILES string of the molecule is CC[C@@H](C)c1ccc(OCCOc2c(Br)cc(/C=C3\C(=O)NN(c4ccccc4)C3=O)cc2OC)cc1. The molecule has 0 bridgehead atoms. The number of halogens is 1. The molecular formula is C29H29BrN2O5. The second kappa shape index (κ2) is 12.0. The number of nitrogens with one attached hydrogen (secondary N) is 1. The van der Waals surface area contributed by atoms with Crippen LogP contribution in [0.1, 0.15) is 37.3 Å². The number of hydrogen-bond donors (Lipinski definition) is 1. The van der Waals surface area contributed by atoms with Crippen LogP contribution < -0.4 is 24.6 Å². The fourth-order valence-corrected chi connectivity index (χ4v) is 4.45. The van der Waals surface area contributed by atoms with Crippen LogP contribution in [0, 0.1) is 0 Å². The Labute approximate surface area is 225 Å². The van der Waals surface area contributed by atoms with Crippen LogP contribution in [0.25, 0.3) is 6.08 Å². The van der Waals surface area contributed by atoms with Gasteiger partial charge in [0.05, 0.1) is 17.3 Å². The van der Waals surface area contributed by atoms with Gasteiger partial charge in [0, 0.05) is 0 Å². The number of nitrogens with zero attached hydrogens (tertiary/aromatic N) is 1. The molecule has 1 heterocycles. The van der Waals surface area contributed by atoms with E-state index < -0.39 is 11.8 Å². The zero-order valence-electron chi connectivity index (χ0n) is 21.0. The van der Waals surface area contributed by atoms with Gasteiger partial charge in [-0.05, 0) is 81.9 Å². The summed E-state index contributed by atoms with van der Waals surface area (Å²) in [5.74, 6) is 1.37. The Morgan fingerprint density at radius 3 is 2.38 bits per heavy atom. The summed E-state index contributed by atoms with van der Waals surface area (Å²) in [6, 6.07) is 20.5. The van der Waals surface area contributed by atoms with Gasteiger partial charge in [0.2, 0.25) is 0 Å². The Morgan fingerprint density at radius 1 is 1.00 bits per heavy atom. The Kier molecular flexibility index (Phi) is 8.50. The molecule has 1 atom stereocenters. The average Bonchev–Trinajstić information content (AvgIpc) is 3.20. The normalized spacial score (nSPS) is 15.0. The fraction of sp³-hybridized carbons (Fsp3) is 0.241.